The van der Waals surface area contributed by atoms with Gasteiger partial charge in [-0.2, -0.15) is 0 Å². The third kappa shape index (κ3) is 9.02. The lowest BCUT2D eigenvalue weighted by Crippen LogP contribution is -2.31. The van der Waals surface area contributed by atoms with E-state index in [1.807, 2.05) is 50.2 Å². The minimum atomic E-state index is -2.49. The Morgan fingerprint density at radius 1 is 0.973 bits per heavy atom. The molecule has 0 atom stereocenters. The summed E-state index contributed by atoms with van der Waals surface area (Å²) in [6, 6.07) is 13.6. The minimum absolute atomic E-state index is 0.0514. The van der Waals surface area contributed by atoms with Gasteiger partial charge in [0, 0.05) is 37.2 Å². The maximum absolute atomic E-state index is 12.5. The summed E-state index contributed by atoms with van der Waals surface area (Å²) in [6.07, 6.45) is 3.60. The SMILES string of the molecule is CCC1CCC(CNC(=O)c2ccc(C(F)F)cc2)CC1.CF.Cc1nc(N(C)C)c2ccccc2n1. The molecule has 0 bridgehead atoms. The molecule has 3 aromatic rings. The highest BCUT2D eigenvalue weighted by molar-refractivity contribution is 5.94. The van der Waals surface area contributed by atoms with Gasteiger partial charge in [-0.15, -0.1) is 0 Å². The van der Waals surface area contributed by atoms with Crippen molar-refractivity contribution in [2.75, 3.05) is 32.7 Å². The third-order valence-corrected chi connectivity index (χ3v) is 6.64. The van der Waals surface area contributed by atoms with E-state index in [9.17, 15) is 18.0 Å². The van der Waals surface area contributed by atoms with Gasteiger partial charge in [0.15, 0.2) is 0 Å². The van der Waals surface area contributed by atoms with E-state index in [0.717, 1.165) is 28.5 Å². The number of anilines is 1. The van der Waals surface area contributed by atoms with Crippen molar-refractivity contribution in [2.24, 2.45) is 11.8 Å². The van der Waals surface area contributed by atoms with E-state index in [4.69, 9.17) is 0 Å². The lowest BCUT2D eigenvalue weighted by molar-refractivity contribution is 0.0940. The van der Waals surface area contributed by atoms with Gasteiger partial charge in [0.05, 0.1) is 12.7 Å². The Morgan fingerprint density at radius 3 is 2.14 bits per heavy atom. The molecule has 1 aliphatic carbocycles. The number of aryl methyl sites for hydroxylation is 1. The number of amides is 1. The van der Waals surface area contributed by atoms with E-state index in [1.54, 1.807) is 0 Å². The lowest BCUT2D eigenvalue weighted by atomic mass is 9.81. The molecular weight excluding hydrogens is 477 g/mol. The summed E-state index contributed by atoms with van der Waals surface area (Å²) in [6.45, 7) is 4.83. The summed E-state index contributed by atoms with van der Waals surface area (Å²) in [5.41, 5.74) is 1.40. The zero-order valence-corrected chi connectivity index (χ0v) is 22.5. The first-order valence-electron chi connectivity index (χ1n) is 12.7. The van der Waals surface area contributed by atoms with Gasteiger partial charge in [-0.1, -0.05) is 50.5 Å². The number of nitrogens with one attached hydrogen (secondary N) is 1. The van der Waals surface area contributed by atoms with Gasteiger partial charge in [-0.25, -0.2) is 18.7 Å². The maximum Gasteiger partial charge on any atom is 0.263 e. The molecule has 2 aromatic carbocycles. The van der Waals surface area contributed by atoms with Crippen LogP contribution in [0.15, 0.2) is 48.5 Å². The first-order valence-corrected chi connectivity index (χ1v) is 12.7. The van der Waals surface area contributed by atoms with Crippen molar-refractivity contribution in [3.8, 4) is 0 Å². The highest BCUT2D eigenvalue weighted by Crippen LogP contribution is 2.30. The number of benzene rings is 2. The molecule has 0 unspecified atom stereocenters. The van der Waals surface area contributed by atoms with Crippen LogP contribution in [0.4, 0.5) is 19.0 Å². The number of alkyl halides is 3. The van der Waals surface area contributed by atoms with Gasteiger partial charge >= 0.3 is 0 Å². The summed E-state index contributed by atoms with van der Waals surface area (Å²) in [5, 5.41) is 4.02. The molecule has 5 nitrogen and oxygen atoms in total. The van der Waals surface area contributed by atoms with Crippen LogP contribution in [0.25, 0.3) is 10.9 Å². The van der Waals surface area contributed by atoms with E-state index in [2.05, 4.69) is 22.2 Å². The van der Waals surface area contributed by atoms with Crippen molar-refractivity contribution in [2.45, 2.75) is 52.4 Å². The van der Waals surface area contributed by atoms with Crippen molar-refractivity contribution in [1.82, 2.24) is 15.3 Å². The molecule has 1 aromatic heterocycles. The van der Waals surface area contributed by atoms with Crippen LogP contribution in [-0.4, -0.2) is 43.7 Å². The van der Waals surface area contributed by atoms with Gasteiger partial charge in [0.25, 0.3) is 12.3 Å². The lowest BCUT2D eigenvalue weighted by Gasteiger charge is -2.27. The Labute approximate surface area is 218 Å². The van der Waals surface area contributed by atoms with Crippen LogP contribution in [0.2, 0.25) is 0 Å². The number of hydrogen-bond donors (Lipinski definition) is 1. The number of para-hydroxylation sites is 1. The molecule has 0 spiro atoms. The number of hydrogen-bond acceptors (Lipinski definition) is 4. The summed E-state index contributed by atoms with van der Waals surface area (Å²) >= 11 is 0. The number of carbonyl (C=O) groups is 1. The maximum atomic E-state index is 12.5. The van der Waals surface area contributed by atoms with E-state index in [-0.39, 0.29) is 11.5 Å². The second-order valence-electron chi connectivity index (χ2n) is 9.43. The molecule has 1 N–H and O–H groups in total. The van der Waals surface area contributed by atoms with Crippen molar-refractivity contribution < 1.29 is 18.0 Å². The molecule has 8 heteroatoms. The van der Waals surface area contributed by atoms with Gasteiger partial charge in [0.2, 0.25) is 0 Å². The number of nitrogens with zero attached hydrogens (tertiary/aromatic N) is 3. The van der Waals surface area contributed by atoms with Crippen molar-refractivity contribution in [3.05, 3.63) is 65.5 Å². The molecule has 1 fully saturated rings. The van der Waals surface area contributed by atoms with Crippen LogP contribution >= 0.6 is 0 Å². The second-order valence-corrected chi connectivity index (χ2v) is 9.43. The molecule has 1 amide bonds. The summed E-state index contributed by atoms with van der Waals surface area (Å²) in [4.78, 5) is 22.8. The van der Waals surface area contributed by atoms with Crippen molar-refractivity contribution in [3.63, 3.8) is 0 Å². The van der Waals surface area contributed by atoms with Gasteiger partial charge in [-0.05, 0) is 55.9 Å². The fourth-order valence-corrected chi connectivity index (χ4v) is 4.48. The van der Waals surface area contributed by atoms with Gasteiger partial charge < -0.3 is 10.2 Å². The monoisotopic (exact) mass is 516 g/mol. The predicted molar refractivity (Wildman–Crippen MR) is 145 cm³/mol. The molecule has 1 heterocycles. The molecule has 0 saturated heterocycles. The number of rotatable bonds is 6. The number of aromatic nitrogens is 2. The fourth-order valence-electron chi connectivity index (χ4n) is 4.48. The Bertz CT molecular complexity index is 1100. The van der Waals surface area contributed by atoms with Crippen molar-refractivity contribution >= 4 is 22.6 Å². The highest BCUT2D eigenvalue weighted by atomic mass is 19.3. The zero-order valence-electron chi connectivity index (χ0n) is 22.5. The van der Waals surface area contributed by atoms with E-state index < -0.39 is 6.43 Å². The largest absolute Gasteiger partial charge is 0.362 e. The van der Waals surface area contributed by atoms with E-state index in [1.165, 1.54) is 56.4 Å². The van der Waals surface area contributed by atoms with Crippen LogP contribution in [0, 0.1) is 18.8 Å². The highest BCUT2D eigenvalue weighted by Gasteiger charge is 2.20. The Morgan fingerprint density at radius 2 is 1.57 bits per heavy atom. The Kier molecular flexibility index (Phi) is 12.3. The summed E-state index contributed by atoms with van der Waals surface area (Å²) in [5.74, 6) is 3.02. The van der Waals surface area contributed by atoms with Crippen LogP contribution in [0.3, 0.4) is 0 Å². The zero-order chi connectivity index (χ0) is 27.4. The average molecular weight is 517 g/mol. The summed E-state index contributed by atoms with van der Waals surface area (Å²) in [7, 11) is 4.49. The number of fused-ring (bicyclic) bond motifs is 1. The van der Waals surface area contributed by atoms with E-state index >= 15 is 0 Å². The molecule has 4 rings (SSSR count). The van der Waals surface area contributed by atoms with E-state index in [0.29, 0.717) is 25.2 Å². The van der Waals surface area contributed by atoms with Crippen LogP contribution < -0.4 is 10.2 Å². The number of halogens is 3. The van der Waals surface area contributed by atoms with Gasteiger partial charge in [-0.3, -0.25) is 9.18 Å². The second kappa shape index (κ2) is 15.2. The molecule has 202 valence electrons. The molecule has 1 aliphatic rings. The number of carbonyl (C=O) groups excluding carboxylic acids is 1. The van der Waals surface area contributed by atoms with Crippen LogP contribution in [0.5, 0.6) is 0 Å². The first kappa shape index (κ1) is 30.1. The molecular formula is C29H39F3N4O. The van der Waals surface area contributed by atoms with Crippen LogP contribution in [-0.2, 0) is 0 Å². The predicted octanol–water partition coefficient (Wildman–Crippen LogP) is 7.16. The topological polar surface area (TPSA) is 58.1 Å². The first-order chi connectivity index (χ1) is 17.8. The molecule has 37 heavy (non-hydrogen) atoms. The molecule has 0 aliphatic heterocycles. The molecule has 0 radical (unpaired) electrons. The summed E-state index contributed by atoms with van der Waals surface area (Å²) < 4.78 is 34.4. The molecule has 1 saturated carbocycles. The van der Waals surface area contributed by atoms with Gasteiger partial charge in [0.1, 0.15) is 11.6 Å². The standard InChI is InChI=1S/C17H23F2NO.C11H13N3.CH3F/c1-2-12-3-5-13(6-4-12)11-20-17(21)15-9-7-14(8-10-15)16(18)19;1-8-12-10-7-5-4-6-9(10)11(13-8)14(2)3;1-2/h7-10,12-13,16H,2-6,11H2,1H3,(H,20,21);4-7H,1-3H3;1H3. The smallest absolute Gasteiger partial charge is 0.263 e. The normalized spacial score (nSPS) is 16.8. The quantitative estimate of drug-likeness (QED) is 0.378. The van der Waals surface area contributed by atoms with Crippen LogP contribution in [0.1, 0.15) is 67.2 Å². The van der Waals surface area contributed by atoms with Crippen molar-refractivity contribution in [1.29, 1.82) is 0 Å². The third-order valence-electron chi connectivity index (χ3n) is 6.64. The minimum Gasteiger partial charge on any atom is -0.362 e. The average Bonchev–Trinajstić information content (AvgIpc) is 2.93. The Balaban J connectivity index is 0.000000260. The Hall–Kier alpha value is -3.16. The fraction of sp³-hybridized carbons (Fsp3) is 0.483.